The third-order valence-electron chi connectivity index (χ3n) is 3.21. The van der Waals surface area contributed by atoms with Crippen molar-refractivity contribution in [1.29, 1.82) is 0 Å². The van der Waals surface area contributed by atoms with E-state index >= 15 is 0 Å². The van der Waals surface area contributed by atoms with Gasteiger partial charge in [-0.1, -0.05) is 33.1 Å². The molecule has 20 heavy (non-hydrogen) atoms. The van der Waals surface area contributed by atoms with E-state index in [2.05, 4.69) is 56.2 Å². The van der Waals surface area contributed by atoms with Crippen molar-refractivity contribution in [3.05, 3.63) is 54.3 Å². The van der Waals surface area contributed by atoms with Gasteiger partial charge in [0.25, 0.3) is 0 Å². The van der Waals surface area contributed by atoms with Crippen LogP contribution in [-0.2, 0) is 0 Å². The minimum atomic E-state index is 0.661. The first-order chi connectivity index (χ1) is 9.69. The van der Waals surface area contributed by atoms with E-state index in [-0.39, 0.29) is 0 Å². The van der Waals surface area contributed by atoms with Gasteiger partial charge < -0.3 is 9.64 Å². The summed E-state index contributed by atoms with van der Waals surface area (Å²) in [7, 11) is 0. The Morgan fingerprint density at radius 3 is 2.40 bits per heavy atom. The highest BCUT2D eigenvalue weighted by atomic mass is 16.5. The summed E-state index contributed by atoms with van der Waals surface area (Å²) in [5.41, 5.74) is 3.20. The van der Waals surface area contributed by atoms with Crippen LogP contribution < -0.4 is 9.64 Å². The zero-order chi connectivity index (χ0) is 15.1. The quantitative estimate of drug-likeness (QED) is 0.761. The van der Waals surface area contributed by atoms with Crippen molar-refractivity contribution in [2.45, 2.75) is 27.7 Å². The predicted molar refractivity (Wildman–Crippen MR) is 89.3 cm³/mol. The van der Waals surface area contributed by atoms with Crippen molar-refractivity contribution >= 4 is 11.8 Å². The Kier molecular flexibility index (Phi) is 6.10. The van der Waals surface area contributed by atoms with Crippen LogP contribution in [0.25, 0.3) is 6.08 Å². The Morgan fingerprint density at radius 2 is 1.85 bits per heavy atom. The molecule has 2 nitrogen and oxygen atoms in total. The van der Waals surface area contributed by atoms with Gasteiger partial charge in [-0.3, -0.25) is 0 Å². The first-order valence-electron chi connectivity index (χ1n) is 7.29. The van der Waals surface area contributed by atoms with Crippen LogP contribution in [0.15, 0.2) is 48.8 Å². The molecule has 0 bridgehead atoms. The summed E-state index contributed by atoms with van der Waals surface area (Å²) >= 11 is 0. The van der Waals surface area contributed by atoms with Crippen LogP contribution >= 0.6 is 0 Å². The monoisotopic (exact) mass is 271 g/mol. The van der Waals surface area contributed by atoms with E-state index in [0.29, 0.717) is 5.76 Å². The molecule has 0 saturated heterocycles. The molecule has 0 atom stereocenters. The maximum Gasteiger partial charge on any atom is 0.136 e. The zero-order valence-corrected chi connectivity index (χ0v) is 13.1. The van der Waals surface area contributed by atoms with E-state index in [0.717, 1.165) is 30.0 Å². The molecule has 0 spiro atoms. The maximum absolute atomic E-state index is 5.75. The van der Waals surface area contributed by atoms with Crippen LogP contribution in [0.2, 0.25) is 0 Å². The molecule has 1 heterocycles. The largest absolute Gasteiger partial charge is 0.457 e. The summed E-state index contributed by atoms with van der Waals surface area (Å²) in [5, 5.41) is 0. The number of benzene rings is 1. The lowest BCUT2D eigenvalue weighted by Gasteiger charge is -2.24. The number of allylic oxidation sites excluding steroid dienone is 1. The minimum Gasteiger partial charge on any atom is -0.457 e. The summed E-state index contributed by atoms with van der Waals surface area (Å²) in [4.78, 5) is 2.29. The summed E-state index contributed by atoms with van der Waals surface area (Å²) in [5.74, 6) is 1.53. The molecule has 0 N–H and O–H groups in total. The molecule has 2 heteroatoms. The van der Waals surface area contributed by atoms with Crippen molar-refractivity contribution in [1.82, 2.24) is 0 Å². The Balaban J connectivity index is 0.000000956. The van der Waals surface area contributed by atoms with Gasteiger partial charge in [0.05, 0.1) is 0 Å². The normalized spacial score (nSPS) is 12.4. The molecule has 0 radical (unpaired) electrons. The first kappa shape index (κ1) is 16.1. The van der Waals surface area contributed by atoms with E-state index in [1.54, 1.807) is 6.08 Å². The van der Waals surface area contributed by atoms with Gasteiger partial charge in [0, 0.05) is 36.0 Å². The van der Waals surface area contributed by atoms with E-state index in [1.165, 1.54) is 5.69 Å². The SMILES string of the molecule is C=CC1=Cc2ccc(N(CC)CC)cc2OC1=C.CC. The van der Waals surface area contributed by atoms with Crippen LogP contribution in [0.4, 0.5) is 5.69 Å². The fraction of sp³-hybridized carbons (Fsp3) is 0.333. The van der Waals surface area contributed by atoms with Gasteiger partial charge in [-0.05, 0) is 32.1 Å². The van der Waals surface area contributed by atoms with Gasteiger partial charge in [-0.15, -0.1) is 0 Å². The molecule has 1 aliphatic heterocycles. The zero-order valence-electron chi connectivity index (χ0n) is 13.1. The topological polar surface area (TPSA) is 12.5 Å². The predicted octanol–water partition coefficient (Wildman–Crippen LogP) is 5.03. The van der Waals surface area contributed by atoms with Crippen molar-refractivity contribution in [3.63, 3.8) is 0 Å². The summed E-state index contributed by atoms with van der Waals surface area (Å²) < 4.78 is 5.75. The average Bonchev–Trinajstić information content (AvgIpc) is 2.49. The van der Waals surface area contributed by atoms with Gasteiger partial charge in [0.2, 0.25) is 0 Å². The number of hydrogen-bond acceptors (Lipinski definition) is 2. The molecule has 0 fully saturated rings. The van der Waals surface area contributed by atoms with Crippen molar-refractivity contribution in [2.24, 2.45) is 0 Å². The lowest BCUT2D eigenvalue weighted by Crippen LogP contribution is -2.21. The van der Waals surface area contributed by atoms with Crippen molar-refractivity contribution in [2.75, 3.05) is 18.0 Å². The van der Waals surface area contributed by atoms with Gasteiger partial charge in [0.1, 0.15) is 11.5 Å². The Hall–Kier alpha value is -1.96. The number of hydrogen-bond donors (Lipinski definition) is 0. The molecule has 0 aromatic heterocycles. The van der Waals surface area contributed by atoms with Gasteiger partial charge in [-0.2, -0.15) is 0 Å². The lowest BCUT2D eigenvalue weighted by atomic mass is 10.0. The Bertz CT molecular complexity index is 510. The second-order valence-electron chi connectivity index (χ2n) is 4.22. The van der Waals surface area contributed by atoms with Gasteiger partial charge >= 0.3 is 0 Å². The number of rotatable bonds is 4. The molecule has 0 saturated carbocycles. The first-order valence-corrected chi connectivity index (χ1v) is 7.29. The fourth-order valence-electron chi connectivity index (χ4n) is 2.13. The van der Waals surface area contributed by atoms with Gasteiger partial charge in [-0.25, -0.2) is 0 Å². The summed E-state index contributed by atoms with van der Waals surface area (Å²) in [6.45, 7) is 18.0. The fourth-order valence-corrected chi connectivity index (χ4v) is 2.13. The maximum atomic E-state index is 5.75. The highest BCUT2D eigenvalue weighted by molar-refractivity contribution is 5.71. The molecular weight excluding hydrogens is 246 g/mol. The van der Waals surface area contributed by atoms with Crippen LogP contribution in [-0.4, -0.2) is 13.1 Å². The van der Waals surface area contributed by atoms with Crippen molar-refractivity contribution < 1.29 is 4.74 Å². The third kappa shape index (κ3) is 3.32. The number of ether oxygens (including phenoxy) is 1. The lowest BCUT2D eigenvalue weighted by molar-refractivity contribution is 0.436. The second kappa shape index (κ2) is 7.59. The Morgan fingerprint density at radius 1 is 1.20 bits per heavy atom. The molecular formula is C18H25NO. The van der Waals surface area contributed by atoms with E-state index in [1.807, 2.05) is 13.8 Å². The number of nitrogens with zero attached hydrogens (tertiary/aromatic N) is 1. The van der Waals surface area contributed by atoms with Crippen LogP contribution in [0, 0.1) is 0 Å². The molecule has 108 valence electrons. The van der Waals surface area contributed by atoms with Crippen LogP contribution in [0.5, 0.6) is 5.75 Å². The third-order valence-corrected chi connectivity index (χ3v) is 3.21. The highest BCUT2D eigenvalue weighted by Crippen LogP contribution is 2.34. The molecule has 1 aromatic rings. The molecule has 0 aliphatic carbocycles. The molecule has 0 unspecified atom stereocenters. The smallest absolute Gasteiger partial charge is 0.136 e. The molecule has 1 aliphatic rings. The highest BCUT2D eigenvalue weighted by Gasteiger charge is 2.15. The van der Waals surface area contributed by atoms with Crippen LogP contribution in [0.1, 0.15) is 33.3 Å². The van der Waals surface area contributed by atoms with E-state index < -0.39 is 0 Å². The second-order valence-corrected chi connectivity index (χ2v) is 4.22. The molecule has 0 amide bonds. The summed E-state index contributed by atoms with van der Waals surface area (Å²) in [6, 6.07) is 6.28. The Labute approximate surface area is 123 Å². The van der Waals surface area contributed by atoms with Gasteiger partial charge in [0.15, 0.2) is 0 Å². The number of anilines is 1. The molecule has 2 rings (SSSR count). The average molecular weight is 271 g/mol. The van der Waals surface area contributed by atoms with Crippen molar-refractivity contribution in [3.8, 4) is 5.75 Å². The minimum absolute atomic E-state index is 0.661. The standard InChI is InChI=1S/C16H19NO.C2H6/c1-5-13-10-14-8-9-15(17(6-2)7-3)11-16(14)18-12(13)4;1-2/h5,8-11H,1,4,6-7H2,2-3H3;1-2H3. The summed E-state index contributed by atoms with van der Waals surface area (Å²) in [6.07, 6.45) is 3.82. The van der Waals surface area contributed by atoms with E-state index in [4.69, 9.17) is 4.74 Å². The molecule has 1 aromatic carbocycles. The number of fused-ring (bicyclic) bond motifs is 1. The van der Waals surface area contributed by atoms with E-state index in [9.17, 15) is 0 Å². The van der Waals surface area contributed by atoms with Crippen LogP contribution in [0.3, 0.4) is 0 Å².